The summed E-state index contributed by atoms with van der Waals surface area (Å²) in [6.07, 6.45) is 0. The van der Waals surface area contributed by atoms with Gasteiger partial charge in [-0.25, -0.2) is 4.39 Å². The summed E-state index contributed by atoms with van der Waals surface area (Å²) in [6, 6.07) is 6.50. The number of rotatable bonds is 3. The third kappa shape index (κ3) is 3.23. The van der Waals surface area contributed by atoms with Gasteiger partial charge in [-0.2, -0.15) is 0 Å². The van der Waals surface area contributed by atoms with Crippen molar-refractivity contribution >= 4 is 40.6 Å². The summed E-state index contributed by atoms with van der Waals surface area (Å²) >= 11 is 17.7. The van der Waals surface area contributed by atoms with Crippen LogP contribution in [0.4, 0.5) is 4.39 Å². The summed E-state index contributed by atoms with van der Waals surface area (Å²) in [5, 5.41) is 0.783. The van der Waals surface area contributed by atoms with E-state index in [2.05, 4.69) is 0 Å². The van der Waals surface area contributed by atoms with E-state index in [-0.39, 0.29) is 37.9 Å². The molecule has 2 rings (SSSR count). The summed E-state index contributed by atoms with van der Waals surface area (Å²) in [5.74, 6) is -0.423. The number of benzene rings is 2. The van der Waals surface area contributed by atoms with E-state index in [1.807, 2.05) is 0 Å². The minimum absolute atomic E-state index is 0.118. The second-order valence-corrected chi connectivity index (χ2v) is 5.22. The summed E-state index contributed by atoms with van der Waals surface area (Å²) < 4.78 is 18.7. The van der Waals surface area contributed by atoms with Gasteiger partial charge in [0.1, 0.15) is 17.3 Å². The molecule has 0 unspecified atom stereocenters. The Morgan fingerprint density at radius 1 is 1.00 bits per heavy atom. The zero-order chi connectivity index (χ0) is 14.9. The predicted octanol–water partition coefficient (Wildman–Crippen LogP) is 5.78. The Morgan fingerprint density at radius 3 is 2.30 bits per heavy atom. The maximum atomic E-state index is 13.2. The van der Waals surface area contributed by atoms with Gasteiger partial charge in [-0.05, 0) is 31.2 Å². The van der Waals surface area contributed by atoms with Crippen molar-refractivity contribution in [3.63, 3.8) is 0 Å². The van der Waals surface area contributed by atoms with Gasteiger partial charge in [0, 0.05) is 6.07 Å². The molecule has 0 aliphatic rings. The predicted molar refractivity (Wildman–Crippen MR) is 78.0 cm³/mol. The quantitative estimate of drug-likeness (QED) is 0.525. The number of Topliss-reactive ketones (excluding diaryl/α,β-unsaturated/α-hetero) is 1. The van der Waals surface area contributed by atoms with Crippen molar-refractivity contribution in [3.05, 3.63) is 56.8 Å². The highest BCUT2D eigenvalue weighted by molar-refractivity contribution is 6.43. The molecule has 0 aromatic heterocycles. The largest absolute Gasteiger partial charge is 0.455 e. The van der Waals surface area contributed by atoms with E-state index in [0.717, 1.165) is 6.07 Å². The van der Waals surface area contributed by atoms with Gasteiger partial charge in [0.15, 0.2) is 5.78 Å². The van der Waals surface area contributed by atoms with Gasteiger partial charge in [-0.1, -0.05) is 34.8 Å². The van der Waals surface area contributed by atoms with Crippen LogP contribution in [-0.2, 0) is 0 Å². The minimum Gasteiger partial charge on any atom is -0.455 e. The number of hydrogen-bond donors (Lipinski definition) is 0. The topological polar surface area (TPSA) is 26.3 Å². The number of halogens is 4. The highest BCUT2D eigenvalue weighted by Crippen LogP contribution is 2.37. The van der Waals surface area contributed by atoms with Crippen LogP contribution in [0.25, 0.3) is 0 Å². The highest BCUT2D eigenvalue weighted by atomic mass is 35.5. The van der Waals surface area contributed by atoms with Crippen LogP contribution in [0.15, 0.2) is 30.3 Å². The van der Waals surface area contributed by atoms with Gasteiger partial charge in [0.05, 0.1) is 20.6 Å². The maximum absolute atomic E-state index is 13.2. The smallest absolute Gasteiger partial charge is 0.163 e. The Kier molecular flexibility index (Phi) is 4.53. The summed E-state index contributed by atoms with van der Waals surface area (Å²) in [4.78, 5) is 11.5. The molecule has 0 aliphatic carbocycles. The van der Waals surface area contributed by atoms with E-state index in [1.165, 1.54) is 31.2 Å². The van der Waals surface area contributed by atoms with Gasteiger partial charge in [0.25, 0.3) is 0 Å². The molecule has 20 heavy (non-hydrogen) atoms. The molecule has 0 heterocycles. The van der Waals surface area contributed by atoms with Crippen LogP contribution in [0, 0.1) is 5.82 Å². The molecule has 0 saturated heterocycles. The second kappa shape index (κ2) is 6.00. The molecule has 0 atom stereocenters. The van der Waals surface area contributed by atoms with E-state index in [0.29, 0.717) is 0 Å². The molecule has 0 radical (unpaired) electrons. The zero-order valence-electron chi connectivity index (χ0n) is 10.2. The summed E-state index contributed by atoms with van der Waals surface area (Å²) in [5.41, 5.74) is 0.118. The van der Waals surface area contributed by atoms with Crippen LogP contribution in [0.3, 0.4) is 0 Å². The van der Waals surface area contributed by atoms with Crippen molar-refractivity contribution in [2.75, 3.05) is 0 Å². The fraction of sp³-hybridized carbons (Fsp3) is 0.0714. The van der Waals surface area contributed by atoms with Crippen molar-refractivity contribution in [1.82, 2.24) is 0 Å². The summed E-state index contributed by atoms with van der Waals surface area (Å²) in [7, 11) is 0. The van der Waals surface area contributed by atoms with Crippen molar-refractivity contribution in [1.29, 1.82) is 0 Å². The molecule has 0 saturated carbocycles. The second-order valence-electron chi connectivity index (χ2n) is 4.00. The third-order valence-corrected chi connectivity index (χ3v) is 3.53. The van der Waals surface area contributed by atoms with Crippen LogP contribution in [0.5, 0.6) is 11.5 Å². The lowest BCUT2D eigenvalue weighted by atomic mass is 10.1. The highest BCUT2D eigenvalue weighted by Gasteiger charge is 2.14. The normalized spacial score (nSPS) is 10.4. The Labute approximate surface area is 130 Å². The zero-order valence-corrected chi connectivity index (χ0v) is 12.5. The molecule has 0 bridgehead atoms. The molecular formula is C14H8Cl3FO2. The number of carbonyl (C=O) groups excluding carboxylic acids is 1. The first kappa shape index (κ1) is 15.1. The molecule has 0 N–H and O–H groups in total. The van der Waals surface area contributed by atoms with E-state index >= 15 is 0 Å². The van der Waals surface area contributed by atoms with Crippen molar-refractivity contribution in [2.45, 2.75) is 6.92 Å². The lowest BCUT2D eigenvalue weighted by Crippen LogP contribution is -1.98. The minimum atomic E-state index is -0.525. The third-order valence-electron chi connectivity index (χ3n) is 2.52. The molecule has 0 spiro atoms. The van der Waals surface area contributed by atoms with Gasteiger partial charge in [-0.3, -0.25) is 4.79 Å². The Hall–Kier alpha value is -1.29. The van der Waals surface area contributed by atoms with Crippen LogP contribution in [0.2, 0.25) is 15.1 Å². The number of ketones is 1. The van der Waals surface area contributed by atoms with Gasteiger partial charge in [-0.15, -0.1) is 0 Å². The Morgan fingerprint density at radius 2 is 1.65 bits per heavy atom. The van der Waals surface area contributed by atoms with E-state index in [4.69, 9.17) is 39.5 Å². The molecule has 2 aromatic carbocycles. The van der Waals surface area contributed by atoms with Crippen molar-refractivity contribution in [2.24, 2.45) is 0 Å². The fourth-order valence-corrected chi connectivity index (χ4v) is 2.14. The first-order chi connectivity index (χ1) is 9.38. The number of hydrogen-bond acceptors (Lipinski definition) is 2. The summed E-state index contributed by atoms with van der Waals surface area (Å²) in [6.45, 7) is 1.32. The molecule has 0 amide bonds. The molecule has 6 heteroatoms. The lowest BCUT2D eigenvalue weighted by Gasteiger charge is -2.11. The van der Waals surface area contributed by atoms with Gasteiger partial charge >= 0.3 is 0 Å². The van der Waals surface area contributed by atoms with Crippen LogP contribution >= 0.6 is 34.8 Å². The standard InChI is InChI=1S/C14H8Cl3FO2/c1-7(19)9-4-8(18)2-3-13(9)20-14-6-11(16)10(15)5-12(14)17/h2-6H,1H3. The van der Waals surface area contributed by atoms with Crippen molar-refractivity contribution in [3.8, 4) is 11.5 Å². The number of carbonyl (C=O) groups is 1. The van der Waals surface area contributed by atoms with Crippen LogP contribution in [-0.4, -0.2) is 5.78 Å². The van der Waals surface area contributed by atoms with Gasteiger partial charge < -0.3 is 4.74 Å². The SMILES string of the molecule is CC(=O)c1cc(F)ccc1Oc1cc(Cl)c(Cl)cc1Cl. The van der Waals surface area contributed by atoms with Crippen LogP contribution in [0.1, 0.15) is 17.3 Å². The molecule has 0 aliphatic heterocycles. The average Bonchev–Trinajstić information content (AvgIpc) is 2.37. The van der Waals surface area contributed by atoms with E-state index in [9.17, 15) is 9.18 Å². The van der Waals surface area contributed by atoms with Gasteiger partial charge in [0.2, 0.25) is 0 Å². The Bertz CT molecular complexity index is 686. The Balaban J connectivity index is 2.45. The monoisotopic (exact) mass is 332 g/mol. The van der Waals surface area contributed by atoms with E-state index in [1.54, 1.807) is 0 Å². The molecule has 0 fully saturated rings. The molecule has 2 aromatic rings. The molecule has 104 valence electrons. The number of ether oxygens (including phenoxy) is 1. The maximum Gasteiger partial charge on any atom is 0.163 e. The first-order valence-corrected chi connectivity index (χ1v) is 6.64. The fourth-order valence-electron chi connectivity index (χ4n) is 1.57. The first-order valence-electron chi connectivity index (χ1n) is 5.51. The van der Waals surface area contributed by atoms with Crippen molar-refractivity contribution < 1.29 is 13.9 Å². The lowest BCUT2D eigenvalue weighted by molar-refractivity contribution is 0.101. The average molecular weight is 334 g/mol. The molecule has 2 nitrogen and oxygen atoms in total. The molecular weight excluding hydrogens is 326 g/mol. The van der Waals surface area contributed by atoms with E-state index < -0.39 is 5.82 Å². The van der Waals surface area contributed by atoms with Crippen LogP contribution < -0.4 is 4.74 Å².